The fourth-order valence-electron chi connectivity index (χ4n) is 2.64. The molecule has 0 aliphatic carbocycles. The van der Waals surface area contributed by atoms with Crippen molar-refractivity contribution in [1.82, 2.24) is 16.2 Å². The number of carbonyl (C=O) groups is 2. The second-order valence-electron chi connectivity index (χ2n) is 6.09. The number of benzene rings is 2. The third-order valence-electron chi connectivity index (χ3n) is 4.10. The molecule has 3 rings (SSSR count). The minimum Gasteiger partial charge on any atom is -0.493 e. The van der Waals surface area contributed by atoms with Gasteiger partial charge in [-0.15, -0.1) is 11.3 Å². The van der Waals surface area contributed by atoms with E-state index in [9.17, 15) is 9.59 Å². The van der Waals surface area contributed by atoms with Crippen LogP contribution in [0.2, 0.25) is 5.02 Å². The number of hydrazine groups is 1. The zero-order chi connectivity index (χ0) is 22.4. The smallest absolute Gasteiger partial charge is 0.281 e. The first-order valence-corrected chi connectivity index (χ1v) is 10.5. The molecule has 0 radical (unpaired) electrons. The van der Waals surface area contributed by atoms with Crippen LogP contribution in [0, 0.1) is 0 Å². The van der Waals surface area contributed by atoms with Gasteiger partial charge in [0.25, 0.3) is 5.91 Å². The van der Waals surface area contributed by atoms with Crippen LogP contribution < -0.4 is 25.6 Å². The van der Waals surface area contributed by atoms with Crippen LogP contribution in [0.5, 0.6) is 11.5 Å². The van der Waals surface area contributed by atoms with Gasteiger partial charge in [0.15, 0.2) is 16.6 Å². The van der Waals surface area contributed by atoms with Gasteiger partial charge in [0.2, 0.25) is 5.91 Å². The molecule has 0 fully saturated rings. The Morgan fingerprint density at radius 2 is 1.81 bits per heavy atom. The van der Waals surface area contributed by atoms with Crippen molar-refractivity contribution < 1.29 is 19.1 Å². The highest BCUT2D eigenvalue weighted by Crippen LogP contribution is 2.34. The van der Waals surface area contributed by atoms with Crippen molar-refractivity contribution in [3.63, 3.8) is 0 Å². The van der Waals surface area contributed by atoms with Gasteiger partial charge in [-0.25, -0.2) is 0 Å². The van der Waals surface area contributed by atoms with Crippen molar-refractivity contribution in [3.8, 4) is 11.5 Å². The highest BCUT2D eigenvalue weighted by atomic mass is 35.5. The van der Waals surface area contributed by atoms with Crippen molar-refractivity contribution in [2.75, 3.05) is 14.2 Å². The molecule has 3 N–H and O–H groups in total. The van der Waals surface area contributed by atoms with Gasteiger partial charge in [0.05, 0.1) is 19.2 Å². The van der Waals surface area contributed by atoms with E-state index in [1.54, 1.807) is 31.4 Å². The molecule has 10 heteroatoms. The topological polar surface area (TPSA) is 88.7 Å². The molecular weight excluding hydrogens is 458 g/mol. The van der Waals surface area contributed by atoms with Crippen LogP contribution in [-0.2, 0) is 4.79 Å². The van der Waals surface area contributed by atoms with E-state index in [-0.39, 0.29) is 5.11 Å². The predicted octanol–water partition coefficient (Wildman–Crippen LogP) is 3.92. The Kier molecular flexibility index (Phi) is 7.45. The molecule has 31 heavy (non-hydrogen) atoms. The summed E-state index contributed by atoms with van der Waals surface area (Å²) < 4.78 is 11.3. The van der Waals surface area contributed by atoms with Crippen LogP contribution in [-0.4, -0.2) is 31.1 Å². The van der Waals surface area contributed by atoms with Crippen molar-refractivity contribution in [1.29, 1.82) is 0 Å². The predicted molar refractivity (Wildman–Crippen MR) is 127 cm³/mol. The molecule has 160 valence electrons. The number of hydrogen-bond acceptors (Lipinski definition) is 6. The number of fused-ring (bicyclic) bond motifs is 1. The third-order valence-corrected chi connectivity index (χ3v) is 5.98. The van der Waals surface area contributed by atoms with Gasteiger partial charge in [-0.3, -0.25) is 25.8 Å². The van der Waals surface area contributed by atoms with Crippen molar-refractivity contribution in [2.45, 2.75) is 0 Å². The summed E-state index contributed by atoms with van der Waals surface area (Å²) in [5, 5.41) is 3.55. The molecule has 2 aromatic carbocycles. The minimum atomic E-state index is -0.471. The van der Waals surface area contributed by atoms with Gasteiger partial charge in [-0.2, -0.15) is 0 Å². The lowest BCUT2D eigenvalue weighted by Gasteiger charge is -2.09. The molecule has 0 bridgehead atoms. The maximum absolute atomic E-state index is 12.4. The largest absolute Gasteiger partial charge is 0.493 e. The summed E-state index contributed by atoms with van der Waals surface area (Å²) in [6.07, 6.45) is 2.90. The molecule has 3 aromatic rings. The third kappa shape index (κ3) is 5.52. The van der Waals surface area contributed by atoms with Gasteiger partial charge >= 0.3 is 0 Å². The number of carbonyl (C=O) groups excluding carboxylic acids is 2. The monoisotopic (exact) mass is 475 g/mol. The quantitative estimate of drug-likeness (QED) is 0.294. The number of amides is 2. The first-order chi connectivity index (χ1) is 14.9. The molecule has 0 saturated heterocycles. The summed E-state index contributed by atoms with van der Waals surface area (Å²) in [5.41, 5.74) is 5.66. The molecule has 1 heterocycles. The average Bonchev–Trinajstić information content (AvgIpc) is 3.12. The molecule has 1 aromatic heterocycles. The fourth-order valence-corrected chi connectivity index (χ4v) is 4.21. The van der Waals surface area contributed by atoms with E-state index >= 15 is 0 Å². The molecule has 0 unspecified atom stereocenters. The molecule has 0 spiro atoms. The number of thiocarbonyl (C=S) groups is 1. The number of hydrogen-bond donors (Lipinski definition) is 3. The second-order valence-corrected chi connectivity index (χ2v) is 7.92. The standard InChI is InChI=1S/C21H18ClN3O4S2/c1-28-14-9-7-12(11-15(14)29-2)8-10-17(26)23-21(30)25-24-20(27)19-18(22)13-5-3-4-6-16(13)31-19/h3-11H,1-2H3,(H,24,27)(H2,23,25,26,30). The van der Waals surface area contributed by atoms with Crippen LogP contribution in [0.25, 0.3) is 16.2 Å². The van der Waals surface area contributed by atoms with Crippen LogP contribution >= 0.6 is 35.2 Å². The fraction of sp³-hybridized carbons (Fsp3) is 0.0952. The first kappa shape index (κ1) is 22.5. The van der Waals surface area contributed by atoms with Gasteiger partial charge in [-0.1, -0.05) is 35.9 Å². The zero-order valence-corrected chi connectivity index (χ0v) is 18.9. The van der Waals surface area contributed by atoms with Crippen LogP contribution in [0.1, 0.15) is 15.2 Å². The Balaban J connectivity index is 1.54. The number of thiophene rings is 1. The molecule has 0 aliphatic rings. The van der Waals surface area contributed by atoms with Crippen molar-refractivity contribution in [3.05, 3.63) is 64.0 Å². The molecule has 7 nitrogen and oxygen atoms in total. The van der Waals surface area contributed by atoms with E-state index in [4.69, 9.17) is 33.3 Å². The Morgan fingerprint density at radius 1 is 1.06 bits per heavy atom. The number of methoxy groups -OCH3 is 2. The van der Waals surface area contributed by atoms with Crippen molar-refractivity contribution in [2.24, 2.45) is 0 Å². The molecular formula is C21H18ClN3O4S2. The van der Waals surface area contributed by atoms with E-state index < -0.39 is 11.8 Å². The van der Waals surface area contributed by atoms with Gasteiger partial charge in [-0.05, 0) is 42.1 Å². The summed E-state index contributed by atoms with van der Waals surface area (Å²) in [7, 11) is 3.07. The molecule has 0 atom stereocenters. The van der Waals surface area contributed by atoms with Crippen molar-refractivity contribution >= 4 is 68.2 Å². The summed E-state index contributed by atoms with van der Waals surface area (Å²) >= 11 is 12.6. The Bertz CT molecular complexity index is 1180. The van der Waals surface area contributed by atoms with Gasteiger partial charge in [0.1, 0.15) is 4.88 Å². The highest BCUT2D eigenvalue weighted by molar-refractivity contribution is 7.80. The van der Waals surface area contributed by atoms with Gasteiger partial charge < -0.3 is 9.47 Å². The van der Waals surface area contributed by atoms with E-state index in [1.165, 1.54) is 24.5 Å². The number of rotatable bonds is 5. The number of halogens is 1. The number of nitrogens with one attached hydrogen (secondary N) is 3. The molecule has 2 amide bonds. The zero-order valence-electron chi connectivity index (χ0n) is 16.5. The van der Waals surface area contributed by atoms with Crippen LogP contribution in [0.4, 0.5) is 0 Å². The minimum absolute atomic E-state index is 0.0625. The van der Waals surface area contributed by atoms with E-state index in [0.29, 0.717) is 21.4 Å². The highest BCUT2D eigenvalue weighted by Gasteiger charge is 2.17. The summed E-state index contributed by atoms with van der Waals surface area (Å²) in [6, 6.07) is 12.7. The Morgan fingerprint density at radius 3 is 2.52 bits per heavy atom. The second kappa shape index (κ2) is 10.3. The maximum Gasteiger partial charge on any atom is 0.281 e. The number of ether oxygens (including phenoxy) is 2. The first-order valence-electron chi connectivity index (χ1n) is 8.91. The molecule has 0 saturated carbocycles. The summed E-state index contributed by atoms with van der Waals surface area (Å²) in [5.74, 6) is 0.207. The van der Waals surface area contributed by atoms with E-state index in [1.807, 2.05) is 24.3 Å². The summed E-state index contributed by atoms with van der Waals surface area (Å²) in [4.78, 5) is 24.8. The van der Waals surface area contributed by atoms with Crippen LogP contribution in [0.15, 0.2) is 48.5 Å². The van der Waals surface area contributed by atoms with Gasteiger partial charge in [0, 0.05) is 16.2 Å². The lowest BCUT2D eigenvalue weighted by atomic mass is 10.2. The molecule has 0 aliphatic heterocycles. The normalized spacial score (nSPS) is 10.7. The summed E-state index contributed by atoms with van der Waals surface area (Å²) in [6.45, 7) is 0. The lowest BCUT2D eigenvalue weighted by Crippen LogP contribution is -2.48. The van der Waals surface area contributed by atoms with Crippen LogP contribution in [0.3, 0.4) is 0 Å². The Hall–Kier alpha value is -3.14. The van der Waals surface area contributed by atoms with E-state index in [0.717, 1.165) is 15.6 Å². The average molecular weight is 476 g/mol. The van der Waals surface area contributed by atoms with E-state index in [2.05, 4.69) is 16.2 Å². The Labute approximate surface area is 193 Å². The maximum atomic E-state index is 12.4. The SMILES string of the molecule is COc1ccc(C=CC(=O)NC(=S)NNC(=O)c2sc3ccccc3c2Cl)cc1OC. The lowest BCUT2D eigenvalue weighted by molar-refractivity contribution is -0.115.